The fourth-order valence-corrected chi connectivity index (χ4v) is 3.06. The number of carbonyl (C=O) groups excluding carboxylic acids is 1. The van der Waals surface area contributed by atoms with Gasteiger partial charge < -0.3 is 4.74 Å². The number of amides is 1. The van der Waals surface area contributed by atoms with Crippen molar-refractivity contribution in [3.8, 4) is 5.75 Å². The van der Waals surface area contributed by atoms with Gasteiger partial charge in [-0.1, -0.05) is 18.2 Å². The highest BCUT2D eigenvalue weighted by molar-refractivity contribution is 5.84. The molecular formula is C19H21F3N2O2. The molecule has 1 unspecified atom stereocenters. The molecule has 1 aliphatic rings. The average Bonchev–Trinajstić information content (AvgIpc) is 2.90. The molecule has 1 fully saturated rings. The molecule has 7 heteroatoms. The molecule has 4 nitrogen and oxygen atoms in total. The van der Waals surface area contributed by atoms with Crippen LogP contribution in [0.5, 0.6) is 5.75 Å². The minimum atomic E-state index is -4.51. The zero-order chi connectivity index (χ0) is 19.1. The molecule has 0 radical (unpaired) electrons. The molecule has 0 aromatic heterocycles. The number of carbonyl (C=O) groups is 1. The minimum Gasteiger partial charge on any atom is -0.488 e. The Bertz CT molecular complexity index is 828. The lowest BCUT2D eigenvalue weighted by molar-refractivity contribution is -0.191. The fraction of sp³-hybridized carbons (Fsp3) is 0.421. The molecule has 1 atom stereocenters. The summed E-state index contributed by atoms with van der Waals surface area (Å²) in [4.78, 5) is 11.4. The van der Waals surface area contributed by atoms with E-state index in [0.29, 0.717) is 11.1 Å². The van der Waals surface area contributed by atoms with Crippen LogP contribution in [-0.2, 0) is 4.79 Å². The van der Waals surface area contributed by atoms with Gasteiger partial charge in [-0.05, 0) is 55.3 Å². The number of hydrogen-bond donors (Lipinski definition) is 1. The van der Waals surface area contributed by atoms with Crippen molar-refractivity contribution in [2.24, 2.45) is 0 Å². The first-order valence-electron chi connectivity index (χ1n) is 8.38. The predicted molar refractivity (Wildman–Crippen MR) is 92.6 cm³/mol. The second-order valence-electron chi connectivity index (χ2n) is 7.41. The van der Waals surface area contributed by atoms with Crippen molar-refractivity contribution in [1.29, 1.82) is 0 Å². The molecule has 140 valence electrons. The van der Waals surface area contributed by atoms with Crippen LogP contribution in [0.25, 0.3) is 10.8 Å². The number of fused-ring (bicyclic) bond motifs is 1. The van der Waals surface area contributed by atoms with E-state index in [2.05, 4.69) is 5.43 Å². The molecular weight excluding hydrogens is 345 g/mol. The maximum Gasteiger partial charge on any atom is 0.409 e. The Morgan fingerprint density at radius 2 is 1.77 bits per heavy atom. The monoisotopic (exact) mass is 366 g/mol. The van der Waals surface area contributed by atoms with Gasteiger partial charge in [0, 0.05) is 13.0 Å². The third-order valence-corrected chi connectivity index (χ3v) is 4.05. The highest BCUT2D eigenvalue weighted by Gasteiger charge is 2.46. The van der Waals surface area contributed by atoms with Crippen LogP contribution in [0, 0.1) is 0 Å². The number of nitrogens with one attached hydrogen (secondary N) is 1. The number of alkyl halides is 3. The van der Waals surface area contributed by atoms with E-state index in [0.717, 1.165) is 10.4 Å². The third-order valence-electron chi connectivity index (χ3n) is 4.05. The lowest BCUT2D eigenvalue weighted by atomic mass is 10.0. The average molecular weight is 366 g/mol. The first-order valence-corrected chi connectivity index (χ1v) is 8.38. The summed E-state index contributed by atoms with van der Waals surface area (Å²) in [6, 6.07) is 8.09. The zero-order valence-corrected chi connectivity index (χ0v) is 14.9. The van der Waals surface area contributed by atoms with Crippen molar-refractivity contribution in [2.75, 3.05) is 6.54 Å². The Morgan fingerprint density at radius 1 is 1.08 bits per heavy atom. The smallest absolute Gasteiger partial charge is 0.409 e. The second-order valence-corrected chi connectivity index (χ2v) is 7.41. The van der Waals surface area contributed by atoms with E-state index in [1.807, 2.05) is 26.8 Å². The van der Waals surface area contributed by atoms with E-state index < -0.39 is 23.7 Å². The molecule has 1 amide bonds. The Morgan fingerprint density at radius 3 is 2.35 bits per heavy atom. The van der Waals surface area contributed by atoms with Crippen LogP contribution in [-0.4, -0.2) is 29.2 Å². The highest BCUT2D eigenvalue weighted by Crippen LogP contribution is 2.39. The normalized spacial score (nSPS) is 17.4. The maximum absolute atomic E-state index is 13.7. The van der Waals surface area contributed by atoms with Gasteiger partial charge in [-0.3, -0.25) is 10.2 Å². The van der Waals surface area contributed by atoms with Gasteiger partial charge in [0.2, 0.25) is 5.91 Å². The Hall–Kier alpha value is -2.28. The molecule has 3 rings (SSSR count). The second kappa shape index (κ2) is 6.46. The van der Waals surface area contributed by atoms with Gasteiger partial charge in [0.05, 0.1) is 0 Å². The molecule has 1 heterocycles. The largest absolute Gasteiger partial charge is 0.488 e. The first kappa shape index (κ1) is 18.5. The van der Waals surface area contributed by atoms with Crippen LogP contribution in [0.15, 0.2) is 36.4 Å². The number of nitrogens with zero attached hydrogens (tertiary/aromatic N) is 1. The van der Waals surface area contributed by atoms with Gasteiger partial charge in [0.1, 0.15) is 17.4 Å². The van der Waals surface area contributed by atoms with Crippen LogP contribution in [0.3, 0.4) is 0 Å². The summed E-state index contributed by atoms with van der Waals surface area (Å²) < 4.78 is 46.8. The molecule has 1 N–H and O–H groups in total. The summed E-state index contributed by atoms with van der Waals surface area (Å²) in [5.41, 5.74) is 1.98. The number of ether oxygens (including phenoxy) is 1. The zero-order valence-electron chi connectivity index (χ0n) is 14.9. The molecule has 2 aromatic rings. The summed E-state index contributed by atoms with van der Waals surface area (Å²) in [5.74, 6) is 0.195. The summed E-state index contributed by atoms with van der Waals surface area (Å²) >= 11 is 0. The molecule has 0 saturated carbocycles. The van der Waals surface area contributed by atoms with Crippen LogP contribution < -0.4 is 10.2 Å². The van der Waals surface area contributed by atoms with Gasteiger partial charge in [-0.25, -0.2) is 5.01 Å². The molecule has 0 bridgehead atoms. The standard InChI is InChI=1S/C19H21F3N2O2/c1-18(2,3)26-15-7-6-12-4-5-13(10-14(12)11-15)17(19(20,21)22)24-9-8-16(25)23-24/h4-7,10-11,17H,8-9H2,1-3H3,(H,23,25). The lowest BCUT2D eigenvalue weighted by Gasteiger charge is -2.29. The Labute approximate surface area is 149 Å². The molecule has 26 heavy (non-hydrogen) atoms. The van der Waals surface area contributed by atoms with E-state index in [9.17, 15) is 18.0 Å². The Kier molecular flexibility index (Phi) is 4.60. The predicted octanol–water partition coefficient (Wildman–Crippen LogP) is 4.36. The number of hydrogen-bond acceptors (Lipinski definition) is 3. The molecule has 2 aromatic carbocycles. The maximum atomic E-state index is 13.7. The van der Waals surface area contributed by atoms with Crippen molar-refractivity contribution in [2.45, 2.75) is 45.0 Å². The van der Waals surface area contributed by atoms with Gasteiger partial charge in [-0.15, -0.1) is 0 Å². The van der Waals surface area contributed by atoms with Gasteiger partial charge in [-0.2, -0.15) is 13.2 Å². The van der Waals surface area contributed by atoms with Gasteiger partial charge in [0.25, 0.3) is 0 Å². The summed E-state index contributed by atoms with van der Waals surface area (Å²) in [6.45, 7) is 5.74. The molecule has 1 aliphatic heterocycles. The van der Waals surface area contributed by atoms with Crippen molar-refractivity contribution in [1.82, 2.24) is 10.4 Å². The van der Waals surface area contributed by atoms with E-state index in [1.165, 1.54) is 12.1 Å². The van der Waals surface area contributed by atoms with Crippen LogP contribution in [0.2, 0.25) is 0 Å². The van der Waals surface area contributed by atoms with Crippen molar-refractivity contribution < 1.29 is 22.7 Å². The van der Waals surface area contributed by atoms with Gasteiger partial charge >= 0.3 is 6.18 Å². The van der Waals surface area contributed by atoms with E-state index in [-0.39, 0.29) is 18.5 Å². The quantitative estimate of drug-likeness (QED) is 0.878. The first-order chi connectivity index (χ1) is 12.0. The van der Waals surface area contributed by atoms with E-state index in [4.69, 9.17) is 4.74 Å². The van der Waals surface area contributed by atoms with Crippen molar-refractivity contribution in [3.05, 3.63) is 42.0 Å². The lowest BCUT2D eigenvalue weighted by Crippen LogP contribution is -2.43. The Balaban J connectivity index is 2.00. The molecule has 0 aliphatic carbocycles. The summed E-state index contributed by atoms with van der Waals surface area (Å²) in [7, 11) is 0. The summed E-state index contributed by atoms with van der Waals surface area (Å²) in [6.07, 6.45) is -4.45. The minimum absolute atomic E-state index is 0.0220. The molecule has 0 spiro atoms. The van der Waals surface area contributed by atoms with Crippen LogP contribution >= 0.6 is 0 Å². The fourth-order valence-electron chi connectivity index (χ4n) is 3.06. The van der Waals surface area contributed by atoms with E-state index >= 15 is 0 Å². The van der Waals surface area contributed by atoms with Crippen LogP contribution in [0.4, 0.5) is 13.2 Å². The number of hydrazine groups is 1. The summed E-state index contributed by atoms with van der Waals surface area (Å²) in [5, 5.41) is 2.43. The highest BCUT2D eigenvalue weighted by atomic mass is 19.4. The number of rotatable bonds is 3. The van der Waals surface area contributed by atoms with Crippen molar-refractivity contribution in [3.63, 3.8) is 0 Å². The topological polar surface area (TPSA) is 41.6 Å². The SMILES string of the molecule is CC(C)(C)Oc1ccc2ccc(C(N3CCC(=O)N3)C(F)(F)F)cc2c1. The van der Waals surface area contributed by atoms with Crippen molar-refractivity contribution >= 4 is 16.7 Å². The van der Waals surface area contributed by atoms with E-state index in [1.54, 1.807) is 18.2 Å². The number of halogens is 3. The van der Waals surface area contributed by atoms with Crippen LogP contribution in [0.1, 0.15) is 38.8 Å². The van der Waals surface area contributed by atoms with Gasteiger partial charge in [0.15, 0.2) is 0 Å². The number of benzene rings is 2. The molecule has 1 saturated heterocycles. The third kappa shape index (κ3) is 4.09.